The number of anilines is 1. The molecule has 196 valence electrons. The Bertz CT molecular complexity index is 1120. The van der Waals surface area contributed by atoms with E-state index in [0.29, 0.717) is 18.5 Å². The van der Waals surface area contributed by atoms with Gasteiger partial charge in [-0.2, -0.15) is 0 Å². The van der Waals surface area contributed by atoms with Crippen LogP contribution in [0.15, 0.2) is 6.07 Å². The van der Waals surface area contributed by atoms with E-state index in [9.17, 15) is 4.79 Å². The highest BCUT2D eigenvalue weighted by Gasteiger charge is 2.36. The van der Waals surface area contributed by atoms with Gasteiger partial charge in [-0.15, -0.1) is 11.3 Å². The van der Waals surface area contributed by atoms with Crippen LogP contribution in [0.3, 0.4) is 0 Å². The van der Waals surface area contributed by atoms with Gasteiger partial charge in [0.05, 0.1) is 24.2 Å². The first-order valence-corrected chi connectivity index (χ1v) is 14.5. The van der Waals surface area contributed by atoms with E-state index in [1.165, 1.54) is 54.0 Å². The van der Waals surface area contributed by atoms with Gasteiger partial charge in [-0.05, 0) is 90.5 Å². The highest BCUT2D eigenvalue weighted by atomic mass is 32.1. The van der Waals surface area contributed by atoms with Crippen molar-refractivity contribution in [1.29, 1.82) is 0 Å². The largest absolute Gasteiger partial charge is 0.481 e. The summed E-state index contributed by atoms with van der Waals surface area (Å²) in [6, 6.07) is 4.24. The molecule has 3 aliphatic rings. The lowest BCUT2D eigenvalue weighted by atomic mass is 9.89. The van der Waals surface area contributed by atoms with Crippen LogP contribution in [0.4, 0.5) is 5.00 Å². The maximum absolute atomic E-state index is 13.8. The molecule has 0 saturated heterocycles. The highest BCUT2D eigenvalue weighted by Crippen LogP contribution is 2.42. The van der Waals surface area contributed by atoms with Crippen LogP contribution in [0, 0.1) is 20.8 Å². The molecule has 2 aromatic heterocycles. The summed E-state index contributed by atoms with van der Waals surface area (Å²) in [5.41, 5.74) is 5.19. The summed E-state index contributed by atoms with van der Waals surface area (Å²) in [5.74, 6) is 0.790. The standard InChI is InChI=1S/C29H42N4O2S/c1-7-33(23-12-10-22(11-13-23)31(5)21-8-9-21)29-20(4)26-25(36-29)14-15-32(28(26)34)17-24-18(2)16-19(3)30-27(24)35-6/h16,21-23H,7-15,17H2,1-6H3. The molecule has 1 amide bonds. The normalized spacial score (nSPS) is 22.2. The summed E-state index contributed by atoms with van der Waals surface area (Å²) in [6.07, 6.45) is 8.76. The number of rotatable bonds is 8. The second-order valence-electron chi connectivity index (χ2n) is 11.0. The molecule has 7 heteroatoms. The number of hydrogen-bond acceptors (Lipinski definition) is 6. The zero-order chi connectivity index (χ0) is 25.6. The smallest absolute Gasteiger partial charge is 0.255 e. The molecule has 0 atom stereocenters. The van der Waals surface area contributed by atoms with Gasteiger partial charge in [-0.25, -0.2) is 4.98 Å². The first-order valence-electron chi connectivity index (χ1n) is 13.7. The number of pyridine rings is 1. The fourth-order valence-electron chi connectivity index (χ4n) is 6.44. The van der Waals surface area contributed by atoms with Crippen molar-refractivity contribution in [1.82, 2.24) is 14.8 Å². The molecule has 6 nitrogen and oxygen atoms in total. The van der Waals surface area contributed by atoms with E-state index < -0.39 is 0 Å². The minimum atomic E-state index is 0.157. The summed E-state index contributed by atoms with van der Waals surface area (Å²) < 4.78 is 5.58. The quantitative estimate of drug-likeness (QED) is 0.469. The predicted molar refractivity (Wildman–Crippen MR) is 148 cm³/mol. The minimum absolute atomic E-state index is 0.157. The van der Waals surface area contributed by atoms with Crippen molar-refractivity contribution in [3.8, 4) is 5.88 Å². The van der Waals surface area contributed by atoms with Crippen LogP contribution in [0.25, 0.3) is 0 Å². The third kappa shape index (κ3) is 4.76. The number of aromatic nitrogens is 1. The number of aryl methyl sites for hydroxylation is 2. The molecular weight excluding hydrogens is 468 g/mol. The first-order chi connectivity index (χ1) is 17.3. The van der Waals surface area contributed by atoms with Crippen molar-refractivity contribution < 1.29 is 9.53 Å². The van der Waals surface area contributed by atoms with Gasteiger partial charge < -0.3 is 19.4 Å². The molecule has 2 aliphatic carbocycles. The fourth-order valence-corrected chi connectivity index (χ4v) is 7.86. The van der Waals surface area contributed by atoms with Gasteiger partial charge >= 0.3 is 0 Å². The summed E-state index contributed by atoms with van der Waals surface area (Å²) in [6.45, 7) is 10.8. The zero-order valence-corrected chi connectivity index (χ0v) is 23.7. The molecule has 1 aliphatic heterocycles. The Labute approximate surface area is 220 Å². The van der Waals surface area contributed by atoms with Crippen LogP contribution in [0.1, 0.15) is 83.1 Å². The molecule has 5 rings (SSSR count). The van der Waals surface area contributed by atoms with Crippen LogP contribution in [-0.2, 0) is 13.0 Å². The molecule has 0 N–H and O–H groups in total. The Morgan fingerprint density at radius 1 is 1.08 bits per heavy atom. The number of carbonyl (C=O) groups excluding carboxylic acids is 1. The fraction of sp³-hybridized carbons (Fsp3) is 0.655. The molecule has 0 spiro atoms. The third-order valence-corrected chi connectivity index (χ3v) is 10.1. The molecule has 36 heavy (non-hydrogen) atoms. The third-order valence-electron chi connectivity index (χ3n) is 8.69. The summed E-state index contributed by atoms with van der Waals surface area (Å²) >= 11 is 1.87. The maximum Gasteiger partial charge on any atom is 0.255 e. The van der Waals surface area contributed by atoms with Crippen molar-refractivity contribution in [2.24, 2.45) is 0 Å². The van der Waals surface area contributed by atoms with Gasteiger partial charge in [0, 0.05) is 53.8 Å². The van der Waals surface area contributed by atoms with E-state index in [0.717, 1.165) is 54.0 Å². The molecule has 0 unspecified atom stereocenters. The average molecular weight is 511 g/mol. The number of hydrogen-bond donors (Lipinski definition) is 0. The van der Waals surface area contributed by atoms with E-state index in [2.05, 4.69) is 48.7 Å². The van der Waals surface area contributed by atoms with Gasteiger partial charge in [0.15, 0.2) is 0 Å². The van der Waals surface area contributed by atoms with E-state index in [1.54, 1.807) is 7.11 Å². The molecule has 0 aromatic carbocycles. The van der Waals surface area contributed by atoms with Crippen molar-refractivity contribution in [2.75, 3.05) is 32.1 Å². The Morgan fingerprint density at radius 3 is 2.33 bits per heavy atom. The Morgan fingerprint density at radius 2 is 1.72 bits per heavy atom. The van der Waals surface area contributed by atoms with Crippen LogP contribution in [0.5, 0.6) is 5.88 Å². The van der Waals surface area contributed by atoms with E-state index in [4.69, 9.17) is 4.74 Å². The number of ether oxygens (including phenoxy) is 1. The van der Waals surface area contributed by atoms with Crippen molar-refractivity contribution in [3.63, 3.8) is 0 Å². The monoisotopic (exact) mass is 510 g/mol. The van der Waals surface area contributed by atoms with Gasteiger partial charge in [-0.3, -0.25) is 4.79 Å². The number of carbonyl (C=O) groups is 1. The molecular formula is C29H42N4O2S. The predicted octanol–water partition coefficient (Wildman–Crippen LogP) is 5.51. The Balaban J connectivity index is 1.33. The maximum atomic E-state index is 13.8. The number of nitrogens with zero attached hydrogens (tertiary/aromatic N) is 4. The second-order valence-corrected chi connectivity index (χ2v) is 12.1. The van der Waals surface area contributed by atoms with Crippen LogP contribution in [-0.4, -0.2) is 66.1 Å². The molecule has 3 heterocycles. The van der Waals surface area contributed by atoms with Crippen molar-refractivity contribution >= 4 is 22.2 Å². The SMILES string of the molecule is CCN(c1sc2c(c1C)C(=O)N(Cc1c(C)cc(C)nc1OC)CC2)C1CCC(N(C)C2CC2)CC1. The summed E-state index contributed by atoms with van der Waals surface area (Å²) in [4.78, 5) is 26.8. The van der Waals surface area contributed by atoms with Crippen LogP contribution < -0.4 is 9.64 Å². The Hall–Kier alpha value is -2.12. The summed E-state index contributed by atoms with van der Waals surface area (Å²) in [7, 11) is 3.99. The topological polar surface area (TPSA) is 48.9 Å². The van der Waals surface area contributed by atoms with Gasteiger partial charge in [0.25, 0.3) is 5.91 Å². The Kier molecular flexibility index (Phi) is 7.32. The van der Waals surface area contributed by atoms with Crippen LogP contribution >= 0.6 is 11.3 Å². The van der Waals surface area contributed by atoms with Gasteiger partial charge in [0.2, 0.25) is 5.88 Å². The lowest BCUT2D eigenvalue weighted by Crippen LogP contribution is -2.43. The first kappa shape index (κ1) is 25.5. The molecule has 2 saturated carbocycles. The zero-order valence-electron chi connectivity index (χ0n) is 22.9. The van der Waals surface area contributed by atoms with Gasteiger partial charge in [-0.1, -0.05) is 0 Å². The summed E-state index contributed by atoms with van der Waals surface area (Å²) in [5, 5.41) is 1.32. The van der Waals surface area contributed by atoms with Crippen molar-refractivity contribution in [3.05, 3.63) is 38.9 Å². The number of amides is 1. The minimum Gasteiger partial charge on any atom is -0.481 e. The lowest BCUT2D eigenvalue weighted by molar-refractivity contribution is 0.0726. The number of fused-ring (bicyclic) bond motifs is 1. The lowest BCUT2D eigenvalue weighted by Gasteiger charge is -2.40. The average Bonchev–Trinajstić information content (AvgIpc) is 3.66. The van der Waals surface area contributed by atoms with E-state index >= 15 is 0 Å². The van der Waals surface area contributed by atoms with E-state index in [-0.39, 0.29) is 5.91 Å². The van der Waals surface area contributed by atoms with Crippen LogP contribution in [0.2, 0.25) is 0 Å². The molecule has 2 aromatic rings. The van der Waals surface area contributed by atoms with E-state index in [1.807, 2.05) is 23.2 Å². The molecule has 0 bridgehead atoms. The number of methoxy groups -OCH3 is 1. The number of thiophene rings is 1. The second kappa shape index (κ2) is 10.3. The molecule has 0 radical (unpaired) electrons. The highest BCUT2D eigenvalue weighted by molar-refractivity contribution is 7.16. The van der Waals surface area contributed by atoms with Gasteiger partial charge in [0.1, 0.15) is 0 Å². The molecule has 2 fully saturated rings. The van der Waals surface area contributed by atoms with Crippen molar-refractivity contribution in [2.45, 2.75) is 97.3 Å².